The number of H-pyrrole nitrogens is 1. The molecule has 0 saturated heterocycles. The first-order valence-electron chi connectivity index (χ1n) is 6.74. The van der Waals surface area contributed by atoms with E-state index in [1.54, 1.807) is 23.7 Å². The lowest BCUT2D eigenvalue weighted by Gasteiger charge is -1.98. The molecule has 0 spiro atoms. The van der Waals surface area contributed by atoms with Crippen molar-refractivity contribution < 1.29 is 0 Å². The van der Waals surface area contributed by atoms with Crippen molar-refractivity contribution in [3.8, 4) is 32.5 Å². The van der Waals surface area contributed by atoms with E-state index in [4.69, 9.17) is 4.98 Å². The summed E-state index contributed by atoms with van der Waals surface area (Å²) in [4.78, 5) is 14.1. The van der Waals surface area contributed by atoms with Crippen LogP contribution in [-0.2, 0) is 0 Å². The maximum absolute atomic E-state index is 4.81. The van der Waals surface area contributed by atoms with Gasteiger partial charge in [0.1, 0.15) is 11.3 Å². The van der Waals surface area contributed by atoms with Gasteiger partial charge in [0, 0.05) is 23.5 Å². The first kappa shape index (κ1) is 12.8. The van der Waals surface area contributed by atoms with Crippen LogP contribution < -0.4 is 0 Å². The van der Waals surface area contributed by atoms with E-state index < -0.39 is 0 Å². The van der Waals surface area contributed by atoms with Crippen LogP contribution in [0.4, 0.5) is 0 Å². The maximum atomic E-state index is 4.81. The zero-order chi connectivity index (χ0) is 14.8. The van der Waals surface area contributed by atoms with Gasteiger partial charge in [-0.3, -0.25) is 10.1 Å². The van der Waals surface area contributed by atoms with Gasteiger partial charge in [-0.05, 0) is 12.1 Å². The molecule has 5 nitrogen and oxygen atoms in total. The van der Waals surface area contributed by atoms with Crippen LogP contribution in [0.5, 0.6) is 0 Å². The van der Waals surface area contributed by atoms with E-state index in [0.29, 0.717) is 0 Å². The summed E-state index contributed by atoms with van der Waals surface area (Å²) in [7, 11) is 0. The van der Waals surface area contributed by atoms with Crippen molar-refractivity contribution in [2.24, 2.45) is 0 Å². The third-order valence-electron chi connectivity index (χ3n) is 3.23. The van der Waals surface area contributed by atoms with E-state index in [1.807, 2.05) is 42.5 Å². The molecule has 0 amide bonds. The van der Waals surface area contributed by atoms with E-state index in [0.717, 1.165) is 32.5 Å². The Morgan fingerprint density at radius 3 is 2.45 bits per heavy atom. The molecular formula is C16H11N5S. The Balaban J connectivity index is 1.91. The Morgan fingerprint density at radius 2 is 1.73 bits per heavy atom. The van der Waals surface area contributed by atoms with E-state index in [1.165, 1.54) is 6.33 Å². The number of rotatable bonds is 3. The van der Waals surface area contributed by atoms with Gasteiger partial charge in [-0.25, -0.2) is 9.97 Å². The molecule has 1 N–H and O–H groups in total. The Kier molecular flexibility index (Phi) is 3.21. The molecule has 1 aromatic carbocycles. The second-order valence-corrected chi connectivity index (χ2v) is 5.63. The molecule has 0 saturated carbocycles. The monoisotopic (exact) mass is 305 g/mol. The van der Waals surface area contributed by atoms with Crippen molar-refractivity contribution >= 4 is 11.3 Å². The van der Waals surface area contributed by atoms with Crippen LogP contribution in [0, 0.1) is 0 Å². The highest BCUT2D eigenvalue weighted by molar-refractivity contribution is 7.18. The minimum absolute atomic E-state index is 0.733. The van der Waals surface area contributed by atoms with E-state index in [-0.39, 0.29) is 0 Å². The van der Waals surface area contributed by atoms with Gasteiger partial charge in [0.2, 0.25) is 0 Å². The summed E-state index contributed by atoms with van der Waals surface area (Å²) >= 11 is 1.59. The molecule has 3 aromatic heterocycles. The highest BCUT2D eigenvalue weighted by Crippen LogP contribution is 2.38. The lowest BCUT2D eigenvalue weighted by Crippen LogP contribution is -1.84. The normalized spacial score (nSPS) is 10.7. The Morgan fingerprint density at radius 1 is 0.909 bits per heavy atom. The summed E-state index contributed by atoms with van der Waals surface area (Å²) in [5.74, 6) is 0.733. The molecule has 0 bridgehead atoms. The maximum Gasteiger partial charge on any atom is 0.167 e. The molecule has 4 aromatic rings. The van der Waals surface area contributed by atoms with Crippen molar-refractivity contribution in [3.63, 3.8) is 0 Å². The quantitative estimate of drug-likeness (QED) is 0.627. The fraction of sp³-hybridized carbons (Fsp3) is 0. The van der Waals surface area contributed by atoms with Crippen molar-refractivity contribution in [1.82, 2.24) is 25.1 Å². The summed E-state index contributed by atoms with van der Waals surface area (Å²) in [6.45, 7) is 0. The average molecular weight is 305 g/mol. The largest absolute Gasteiger partial charge is 0.265 e. The first-order chi connectivity index (χ1) is 10.9. The fourth-order valence-corrected chi connectivity index (χ4v) is 3.24. The molecule has 0 aliphatic heterocycles. The predicted octanol–water partition coefficient (Wildman–Crippen LogP) is 3.66. The van der Waals surface area contributed by atoms with Gasteiger partial charge in [-0.15, -0.1) is 11.3 Å². The number of aromatic amines is 1. The smallest absolute Gasteiger partial charge is 0.167 e. The summed E-state index contributed by atoms with van der Waals surface area (Å²) in [5.41, 5.74) is 3.02. The Hall–Kier alpha value is -2.86. The molecule has 0 radical (unpaired) electrons. The van der Waals surface area contributed by atoms with Crippen LogP contribution >= 0.6 is 11.3 Å². The topological polar surface area (TPSA) is 67.3 Å². The second-order valence-electron chi connectivity index (χ2n) is 4.63. The summed E-state index contributed by atoms with van der Waals surface area (Å²) < 4.78 is 0. The molecular weight excluding hydrogens is 294 g/mol. The third-order valence-corrected chi connectivity index (χ3v) is 4.34. The average Bonchev–Trinajstić information content (AvgIpc) is 3.26. The molecule has 0 aliphatic carbocycles. The molecule has 4 rings (SSSR count). The summed E-state index contributed by atoms with van der Waals surface area (Å²) in [6.07, 6.45) is 5.05. The van der Waals surface area contributed by atoms with E-state index in [9.17, 15) is 0 Å². The van der Waals surface area contributed by atoms with Gasteiger partial charge < -0.3 is 0 Å². The number of aromatic nitrogens is 5. The van der Waals surface area contributed by atoms with Crippen LogP contribution in [0.25, 0.3) is 32.5 Å². The number of hydrogen-bond donors (Lipinski definition) is 1. The third kappa shape index (κ3) is 2.29. The van der Waals surface area contributed by atoms with Crippen LogP contribution in [-0.4, -0.2) is 25.1 Å². The highest BCUT2D eigenvalue weighted by Gasteiger charge is 2.17. The molecule has 0 aliphatic rings. The van der Waals surface area contributed by atoms with E-state index >= 15 is 0 Å². The zero-order valence-corrected chi connectivity index (χ0v) is 12.3. The zero-order valence-electron chi connectivity index (χ0n) is 11.5. The van der Waals surface area contributed by atoms with Crippen molar-refractivity contribution in [3.05, 3.63) is 61.2 Å². The molecule has 6 heteroatoms. The van der Waals surface area contributed by atoms with E-state index in [2.05, 4.69) is 20.2 Å². The number of pyridine rings is 1. The lowest BCUT2D eigenvalue weighted by atomic mass is 10.1. The van der Waals surface area contributed by atoms with Crippen LogP contribution in [0.3, 0.4) is 0 Å². The second kappa shape index (κ2) is 5.50. The summed E-state index contributed by atoms with van der Waals surface area (Å²) in [5, 5.41) is 7.81. The number of benzene rings is 1. The summed E-state index contributed by atoms with van der Waals surface area (Å²) in [6, 6.07) is 14.0. The van der Waals surface area contributed by atoms with Crippen LogP contribution in [0.2, 0.25) is 0 Å². The van der Waals surface area contributed by atoms with Crippen LogP contribution in [0.15, 0.2) is 61.2 Å². The highest BCUT2D eigenvalue weighted by atomic mass is 32.1. The van der Waals surface area contributed by atoms with Crippen molar-refractivity contribution in [2.45, 2.75) is 0 Å². The number of hydrogen-bond acceptors (Lipinski definition) is 5. The van der Waals surface area contributed by atoms with Gasteiger partial charge in [0.05, 0.1) is 10.6 Å². The molecule has 3 heterocycles. The van der Waals surface area contributed by atoms with Gasteiger partial charge >= 0.3 is 0 Å². The molecule has 22 heavy (non-hydrogen) atoms. The number of nitrogens with one attached hydrogen (secondary N) is 1. The van der Waals surface area contributed by atoms with Gasteiger partial charge in [0.15, 0.2) is 5.82 Å². The van der Waals surface area contributed by atoms with Crippen molar-refractivity contribution in [1.29, 1.82) is 0 Å². The van der Waals surface area contributed by atoms with Gasteiger partial charge in [0.25, 0.3) is 0 Å². The standard InChI is InChI=1S/C16H11N5S/c1-2-4-11(5-3-1)13-14(15-18-10-19-21-15)22-16(20-13)12-6-8-17-9-7-12/h1-10H,(H,18,19,21). The minimum atomic E-state index is 0.733. The Labute approximate surface area is 130 Å². The van der Waals surface area contributed by atoms with Gasteiger partial charge in [-0.2, -0.15) is 5.10 Å². The minimum Gasteiger partial charge on any atom is -0.265 e. The predicted molar refractivity (Wildman–Crippen MR) is 86.2 cm³/mol. The SMILES string of the molecule is c1ccc(-c2nc(-c3ccncc3)sc2-c2ncn[nH]2)cc1. The fourth-order valence-electron chi connectivity index (χ4n) is 2.21. The Bertz CT molecular complexity index is 870. The molecule has 0 unspecified atom stereocenters. The molecule has 0 atom stereocenters. The molecule has 106 valence electrons. The number of nitrogens with zero attached hydrogens (tertiary/aromatic N) is 4. The number of thiazole rings is 1. The van der Waals surface area contributed by atoms with Crippen molar-refractivity contribution in [2.75, 3.05) is 0 Å². The lowest BCUT2D eigenvalue weighted by molar-refractivity contribution is 1.10. The van der Waals surface area contributed by atoms with Crippen LogP contribution in [0.1, 0.15) is 0 Å². The molecule has 0 fully saturated rings. The van der Waals surface area contributed by atoms with Gasteiger partial charge in [-0.1, -0.05) is 30.3 Å². The first-order valence-corrected chi connectivity index (χ1v) is 7.56.